The number of carbonyl (C=O) groups excluding carboxylic acids is 2. The molecule has 0 amide bonds. The molecule has 0 aliphatic heterocycles. The maximum atomic E-state index is 13.6. The van der Waals surface area contributed by atoms with Crippen LogP contribution in [0.25, 0.3) is 0 Å². The summed E-state index contributed by atoms with van der Waals surface area (Å²) in [7, 11) is 0. The second-order valence-electron chi connectivity index (χ2n) is 12.7. The quantitative estimate of drug-likeness (QED) is 0.411. The van der Waals surface area contributed by atoms with Crippen molar-refractivity contribution in [3.63, 3.8) is 0 Å². The number of hydrogen-bond donors (Lipinski definition) is 0. The van der Waals surface area contributed by atoms with E-state index in [-0.39, 0.29) is 23.4 Å². The molecule has 4 aliphatic rings. The highest BCUT2D eigenvalue weighted by atomic mass is 16.5. The van der Waals surface area contributed by atoms with Crippen molar-refractivity contribution in [3.8, 4) is 0 Å². The van der Waals surface area contributed by atoms with Crippen molar-refractivity contribution in [2.45, 2.75) is 112 Å². The number of fused-ring (bicyclic) bond motifs is 5. The lowest BCUT2D eigenvalue weighted by Crippen LogP contribution is -2.53. The van der Waals surface area contributed by atoms with Gasteiger partial charge in [0, 0.05) is 19.3 Å². The van der Waals surface area contributed by atoms with Crippen LogP contribution in [-0.2, 0) is 14.3 Å². The summed E-state index contributed by atoms with van der Waals surface area (Å²) in [6, 6.07) is 0. The molecule has 0 N–H and O–H groups in total. The molecule has 3 fully saturated rings. The monoisotopic (exact) mass is 442 g/mol. The third kappa shape index (κ3) is 4.11. The number of esters is 1. The fourth-order valence-electron chi connectivity index (χ4n) is 8.73. The van der Waals surface area contributed by atoms with Gasteiger partial charge in [0.2, 0.25) is 0 Å². The van der Waals surface area contributed by atoms with Gasteiger partial charge in [0.15, 0.2) is 5.78 Å². The van der Waals surface area contributed by atoms with Gasteiger partial charge in [0.1, 0.15) is 6.10 Å². The molecule has 3 saturated carbocycles. The maximum Gasteiger partial charge on any atom is 0.302 e. The number of rotatable bonds is 6. The van der Waals surface area contributed by atoms with Crippen LogP contribution in [0.4, 0.5) is 0 Å². The average molecular weight is 443 g/mol. The summed E-state index contributed by atoms with van der Waals surface area (Å²) in [5.74, 6) is 3.74. The Kier molecular flexibility index (Phi) is 6.69. The SMILES string of the molecule is CC(=O)O[C@H]1CC[C@@]2(C)C(=CC(=O)[C@@H]3C2CC[C@]2(C)[C@@H](C(C)CCCC(C)C)CC[C@@H]32)C1. The van der Waals surface area contributed by atoms with Crippen LogP contribution in [0.2, 0.25) is 0 Å². The summed E-state index contributed by atoms with van der Waals surface area (Å²) in [4.78, 5) is 25.1. The van der Waals surface area contributed by atoms with Crippen LogP contribution in [-0.4, -0.2) is 17.9 Å². The van der Waals surface area contributed by atoms with Gasteiger partial charge in [-0.3, -0.25) is 9.59 Å². The van der Waals surface area contributed by atoms with Gasteiger partial charge < -0.3 is 4.74 Å². The zero-order valence-electron chi connectivity index (χ0n) is 21.4. The Balaban J connectivity index is 1.52. The molecule has 4 rings (SSSR count). The zero-order chi connectivity index (χ0) is 23.3. The van der Waals surface area contributed by atoms with E-state index in [0.29, 0.717) is 23.0 Å². The van der Waals surface area contributed by atoms with Crippen LogP contribution in [0, 0.1) is 46.3 Å². The minimum absolute atomic E-state index is 0.0485. The minimum atomic E-state index is -0.202. The van der Waals surface area contributed by atoms with Crippen molar-refractivity contribution in [1.29, 1.82) is 0 Å². The number of allylic oxidation sites excluding steroid dienone is 1. The van der Waals surface area contributed by atoms with Crippen molar-refractivity contribution in [3.05, 3.63) is 11.6 Å². The van der Waals surface area contributed by atoms with E-state index in [4.69, 9.17) is 4.74 Å². The third-order valence-corrected chi connectivity index (χ3v) is 10.4. The Bertz CT molecular complexity index is 766. The molecular weight excluding hydrogens is 396 g/mol. The smallest absolute Gasteiger partial charge is 0.302 e. The molecule has 0 heterocycles. The van der Waals surface area contributed by atoms with Gasteiger partial charge in [0.25, 0.3) is 0 Å². The lowest BCUT2D eigenvalue weighted by Gasteiger charge is -2.57. The van der Waals surface area contributed by atoms with Crippen LogP contribution >= 0.6 is 0 Å². The lowest BCUT2D eigenvalue weighted by molar-refractivity contribution is -0.149. The van der Waals surface area contributed by atoms with Crippen molar-refractivity contribution < 1.29 is 14.3 Å². The molecule has 32 heavy (non-hydrogen) atoms. The zero-order valence-corrected chi connectivity index (χ0v) is 21.4. The van der Waals surface area contributed by atoms with Crippen molar-refractivity contribution in [1.82, 2.24) is 0 Å². The Morgan fingerprint density at radius 2 is 1.81 bits per heavy atom. The summed E-state index contributed by atoms with van der Waals surface area (Å²) in [6.07, 6.45) is 13.7. The largest absolute Gasteiger partial charge is 0.462 e. The van der Waals surface area contributed by atoms with Crippen LogP contribution in [0.5, 0.6) is 0 Å². The summed E-state index contributed by atoms with van der Waals surface area (Å²) in [6.45, 7) is 13.6. The van der Waals surface area contributed by atoms with Gasteiger partial charge in [0.05, 0.1) is 0 Å². The molecule has 0 saturated heterocycles. The van der Waals surface area contributed by atoms with E-state index in [1.807, 2.05) is 6.08 Å². The summed E-state index contributed by atoms with van der Waals surface area (Å²) in [5.41, 5.74) is 1.70. The summed E-state index contributed by atoms with van der Waals surface area (Å²) >= 11 is 0. The molecule has 8 atom stereocenters. The van der Waals surface area contributed by atoms with E-state index in [9.17, 15) is 9.59 Å². The fourth-order valence-corrected chi connectivity index (χ4v) is 8.73. The first-order valence-corrected chi connectivity index (χ1v) is 13.5. The number of ether oxygens (including phenoxy) is 1. The first-order chi connectivity index (χ1) is 15.1. The third-order valence-electron chi connectivity index (χ3n) is 10.4. The second-order valence-corrected chi connectivity index (χ2v) is 12.7. The molecule has 0 bridgehead atoms. The van der Waals surface area contributed by atoms with Gasteiger partial charge in [-0.05, 0) is 85.0 Å². The average Bonchev–Trinajstić information content (AvgIpc) is 3.05. The van der Waals surface area contributed by atoms with Gasteiger partial charge in [-0.15, -0.1) is 0 Å². The highest BCUT2D eigenvalue weighted by Crippen LogP contribution is 2.66. The number of carbonyl (C=O) groups is 2. The molecule has 4 aliphatic carbocycles. The summed E-state index contributed by atoms with van der Waals surface area (Å²) < 4.78 is 5.54. The number of hydrogen-bond acceptors (Lipinski definition) is 3. The fraction of sp³-hybridized carbons (Fsp3) is 0.862. The van der Waals surface area contributed by atoms with Crippen LogP contribution in [0.15, 0.2) is 11.6 Å². The molecule has 0 radical (unpaired) electrons. The van der Waals surface area contributed by atoms with E-state index >= 15 is 0 Å². The molecule has 3 heteroatoms. The molecule has 0 aromatic carbocycles. The minimum Gasteiger partial charge on any atom is -0.462 e. The van der Waals surface area contributed by atoms with E-state index in [0.717, 1.165) is 37.0 Å². The molecule has 0 aromatic heterocycles. The van der Waals surface area contributed by atoms with Gasteiger partial charge >= 0.3 is 5.97 Å². The van der Waals surface area contributed by atoms with Crippen molar-refractivity contribution in [2.24, 2.45) is 46.3 Å². The van der Waals surface area contributed by atoms with Gasteiger partial charge in [-0.25, -0.2) is 0 Å². The molecular formula is C29H46O3. The van der Waals surface area contributed by atoms with Crippen molar-refractivity contribution in [2.75, 3.05) is 0 Å². The molecule has 3 nitrogen and oxygen atoms in total. The van der Waals surface area contributed by atoms with E-state index in [1.165, 1.54) is 57.4 Å². The predicted octanol–water partition coefficient (Wildman–Crippen LogP) is 7.14. The Morgan fingerprint density at radius 3 is 2.50 bits per heavy atom. The highest BCUT2D eigenvalue weighted by Gasteiger charge is 2.61. The van der Waals surface area contributed by atoms with Gasteiger partial charge in [-0.1, -0.05) is 59.5 Å². The predicted molar refractivity (Wildman–Crippen MR) is 129 cm³/mol. The molecule has 180 valence electrons. The van der Waals surface area contributed by atoms with E-state index < -0.39 is 0 Å². The van der Waals surface area contributed by atoms with Crippen LogP contribution in [0.1, 0.15) is 106 Å². The number of ketones is 1. The first kappa shape index (κ1) is 24.0. The standard InChI is InChI=1S/C29H46O3/c1-18(2)8-7-9-19(3)23-10-11-24-27-25(13-15-29(23,24)6)28(5)14-12-22(32-20(4)30)16-21(28)17-26(27)31/h17-19,22-25,27H,7-16H2,1-6H3/t19?,22-,23+,24-,25?,27-,28-,29+/m0/s1. The Morgan fingerprint density at radius 1 is 1.06 bits per heavy atom. The Hall–Kier alpha value is -1.12. The van der Waals surface area contributed by atoms with Crippen molar-refractivity contribution >= 4 is 11.8 Å². The topological polar surface area (TPSA) is 43.4 Å². The first-order valence-electron chi connectivity index (χ1n) is 13.5. The summed E-state index contributed by atoms with van der Waals surface area (Å²) in [5, 5.41) is 0. The molecule has 2 unspecified atom stereocenters. The van der Waals surface area contributed by atoms with Crippen LogP contribution < -0.4 is 0 Å². The van der Waals surface area contributed by atoms with Gasteiger partial charge in [-0.2, -0.15) is 0 Å². The molecule has 0 aromatic rings. The van der Waals surface area contributed by atoms with E-state index in [1.54, 1.807) is 0 Å². The highest BCUT2D eigenvalue weighted by molar-refractivity contribution is 5.94. The lowest BCUT2D eigenvalue weighted by atomic mass is 9.46. The van der Waals surface area contributed by atoms with Crippen LogP contribution in [0.3, 0.4) is 0 Å². The van der Waals surface area contributed by atoms with E-state index in [2.05, 4.69) is 34.6 Å². The molecule has 0 spiro atoms. The second kappa shape index (κ2) is 8.91. The normalized spacial score (nSPS) is 42.0. The Labute approximate surface area is 196 Å². The maximum absolute atomic E-state index is 13.6.